The molecular weight excluding hydrogens is 309 g/mol. The summed E-state index contributed by atoms with van der Waals surface area (Å²) in [6, 6.07) is 3.89. The highest BCUT2D eigenvalue weighted by Crippen LogP contribution is 2.21. The number of carboxylic acids is 1. The van der Waals surface area contributed by atoms with E-state index >= 15 is 0 Å². The highest BCUT2D eigenvalue weighted by molar-refractivity contribution is 9.10. The number of hydrogen-bond donors (Lipinski definition) is 2. The molecule has 0 aromatic heterocycles. The Kier molecular flexibility index (Phi) is 4.96. The molecule has 1 aromatic rings. The maximum absolute atomic E-state index is 11.8. The summed E-state index contributed by atoms with van der Waals surface area (Å²) in [5, 5.41) is 11.5. The van der Waals surface area contributed by atoms with Crippen LogP contribution in [0.5, 0.6) is 0 Å². The zero-order valence-corrected chi connectivity index (χ0v) is 11.4. The van der Waals surface area contributed by atoms with Gasteiger partial charge in [-0.2, -0.15) is 0 Å². The lowest BCUT2D eigenvalue weighted by Gasteiger charge is -2.12. The van der Waals surface area contributed by atoms with E-state index in [0.29, 0.717) is 6.42 Å². The molecule has 2 N–H and O–H groups in total. The Morgan fingerprint density at radius 1 is 1.53 bits per heavy atom. The van der Waals surface area contributed by atoms with E-state index in [1.54, 1.807) is 19.1 Å². The van der Waals surface area contributed by atoms with Crippen LogP contribution in [0.25, 0.3) is 0 Å². The van der Waals surface area contributed by atoms with Gasteiger partial charge in [0, 0.05) is 4.47 Å². The van der Waals surface area contributed by atoms with Gasteiger partial charge in [0.1, 0.15) is 6.04 Å². The molecule has 1 aromatic carbocycles. The highest BCUT2D eigenvalue weighted by atomic mass is 79.9. The number of carbonyl (C=O) groups is 2. The quantitative estimate of drug-likeness (QED) is 0.896. The fourth-order valence-electron chi connectivity index (χ4n) is 1.25. The van der Waals surface area contributed by atoms with Gasteiger partial charge >= 0.3 is 5.97 Å². The monoisotopic (exact) mass is 319 g/mol. The van der Waals surface area contributed by atoms with Crippen molar-refractivity contribution in [3.8, 4) is 0 Å². The summed E-state index contributed by atoms with van der Waals surface area (Å²) < 4.78 is 0.754. The van der Waals surface area contributed by atoms with Gasteiger partial charge in [0.2, 0.25) is 0 Å². The van der Waals surface area contributed by atoms with Gasteiger partial charge in [-0.25, -0.2) is 4.79 Å². The van der Waals surface area contributed by atoms with Crippen LogP contribution in [0.1, 0.15) is 23.7 Å². The molecule has 4 nitrogen and oxygen atoms in total. The second-order valence-corrected chi connectivity index (χ2v) is 4.72. The molecule has 0 saturated carbocycles. The fraction of sp³-hybridized carbons (Fsp3) is 0.273. The first-order valence-electron chi connectivity index (χ1n) is 4.94. The zero-order chi connectivity index (χ0) is 13.0. The van der Waals surface area contributed by atoms with E-state index in [9.17, 15) is 9.59 Å². The lowest BCUT2D eigenvalue weighted by Crippen LogP contribution is -2.40. The second-order valence-electron chi connectivity index (χ2n) is 3.40. The Morgan fingerprint density at radius 2 is 2.18 bits per heavy atom. The number of halogens is 2. The van der Waals surface area contributed by atoms with Gasteiger partial charge in [0.15, 0.2) is 0 Å². The molecule has 0 aliphatic heterocycles. The van der Waals surface area contributed by atoms with Crippen LogP contribution < -0.4 is 5.32 Å². The van der Waals surface area contributed by atoms with Gasteiger partial charge in [-0.1, -0.05) is 34.5 Å². The molecule has 0 radical (unpaired) electrons. The van der Waals surface area contributed by atoms with E-state index < -0.39 is 17.9 Å². The largest absolute Gasteiger partial charge is 0.480 e. The van der Waals surface area contributed by atoms with E-state index in [-0.39, 0.29) is 10.6 Å². The van der Waals surface area contributed by atoms with Crippen LogP contribution in [0, 0.1) is 0 Å². The number of carboxylic acid groups (broad SMARTS) is 1. The van der Waals surface area contributed by atoms with Gasteiger partial charge in [-0.05, 0) is 24.6 Å². The summed E-state index contributed by atoms with van der Waals surface area (Å²) in [6.07, 6.45) is 0.315. The van der Waals surface area contributed by atoms with Crippen LogP contribution in [-0.4, -0.2) is 23.0 Å². The molecular formula is C11H11BrClNO3. The number of rotatable bonds is 4. The molecule has 1 atom stereocenters. The second kappa shape index (κ2) is 6.02. The lowest BCUT2D eigenvalue weighted by molar-refractivity contribution is -0.139. The first kappa shape index (κ1) is 14.0. The van der Waals surface area contributed by atoms with Gasteiger partial charge in [-0.15, -0.1) is 0 Å². The Balaban J connectivity index is 2.86. The fourth-order valence-corrected chi connectivity index (χ4v) is 2.01. The minimum Gasteiger partial charge on any atom is -0.480 e. The molecule has 6 heteroatoms. The molecule has 0 fully saturated rings. The first-order valence-corrected chi connectivity index (χ1v) is 6.11. The summed E-state index contributed by atoms with van der Waals surface area (Å²) in [6.45, 7) is 1.68. The topological polar surface area (TPSA) is 66.4 Å². The molecule has 0 bridgehead atoms. The SMILES string of the molecule is CC[C@@H](NC(=O)c1ccc(Br)cc1Cl)C(=O)O. The summed E-state index contributed by atoms with van der Waals surface area (Å²) in [4.78, 5) is 22.6. The van der Waals surface area contributed by atoms with Gasteiger partial charge in [-0.3, -0.25) is 4.79 Å². The summed E-state index contributed by atoms with van der Waals surface area (Å²) in [5.74, 6) is -1.55. The van der Waals surface area contributed by atoms with Crippen LogP contribution in [-0.2, 0) is 4.79 Å². The highest BCUT2D eigenvalue weighted by Gasteiger charge is 2.19. The van der Waals surface area contributed by atoms with Gasteiger partial charge in [0.05, 0.1) is 10.6 Å². The summed E-state index contributed by atoms with van der Waals surface area (Å²) >= 11 is 9.12. The molecule has 92 valence electrons. The van der Waals surface area contributed by atoms with Crippen molar-refractivity contribution < 1.29 is 14.7 Å². The third kappa shape index (κ3) is 3.71. The van der Waals surface area contributed by atoms with E-state index in [0.717, 1.165) is 4.47 Å². The maximum atomic E-state index is 11.8. The number of aliphatic carboxylic acids is 1. The van der Waals surface area contributed by atoms with E-state index in [1.165, 1.54) is 6.07 Å². The average molecular weight is 321 g/mol. The predicted octanol–water partition coefficient (Wildman–Crippen LogP) is 2.70. The number of amides is 1. The van der Waals surface area contributed by atoms with Crippen LogP contribution in [0.3, 0.4) is 0 Å². The standard InChI is InChI=1S/C11H11BrClNO3/c1-2-9(11(16)17)14-10(15)7-4-3-6(12)5-8(7)13/h3-5,9H,2H2,1H3,(H,14,15)(H,16,17)/t9-/m1/s1. The van der Waals surface area contributed by atoms with Crippen molar-refractivity contribution in [2.24, 2.45) is 0 Å². The zero-order valence-electron chi connectivity index (χ0n) is 9.04. The molecule has 0 spiro atoms. The van der Waals surface area contributed by atoms with E-state index in [2.05, 4.69) is 21.2 Å². The van der Waals surface area contributed by atoms with Gasteiger partial charge < -0.3 is 10.4 Å². The minimum atomic E-state index is -1.06. The molecule has 0 unspecified atom stereocenters. The molecule has 0 aliphatic rings. The third-order valence-corrected chi connectivity index (χ3v) is 2.99. The summed E-state index contributed by atoms with van der Waals surface area (Å²) in [5.41, 5.74) is 0.259. The molecule has 0 aliphatic carbocycles. The first-order chi connectivity index (χ1) is 7.95. The minimum absolute atomic E-state index is 0.259. The van der Waals surface area contributed by atoms with E-state index in [1.807, 2.05) is 0 Å². The molecule has 0 heterocycles. The Labute approximate surface area is 112 Å². The predicted molar refractivity (Wildman–Crippen MR) is 68.3 cm³/mol. The smallest absolute Gasteiger partial charge is 0.326 e. The maximum Gasteiger partial charge on any atom is 0.326 e. The van der Waals surface area contributed by atoms with Crippen LogP contribution in [0.4, 0.5) is 0 Å². The average Bonchev–Trinajstić information content (AvgIpc) is 2.24. The van der Waals surface area contributed by atoms with Crippen LogP contribution >= 0.6 is 27.5 Å². The summed E-state index contributed by atoms with van der Waals surface area (Å²) in [7, 11) is 0. The van der Waals surface area contributed by atoms with Crippen molar-refractivity contribution in [3.63, 3.8) is 0 Å². The van der Waals surface area contributed by atoms with Crippen LogP contribution in [0.15, 0.2) is 22.7 Å². The van der Waals surface area contributed by atoms with Gasteiger partial charge in [0.25, 0.3) is 5.91 Å². The van der Waals surface area contributed by atoms with Crippen molar-refractivity contribution in [3.05, 3.63) is 33.3 Å². The number of carbonyl (C=O) groups excluding carboxylic acids is 1. The van der Waals surface area contributed by atoms with Crippen molar-refractivity contribution in [1.29, 1.82) is 0 Å². The molecule has 17 heavy (non-hydrogen) atoms. The normalized spacial score (nSPS) is 11.9. The third-order valence-electron chi connectivity index (χ3n) is 2.19. The van der Waals surface area contributed by atoms with Crippen LogP contribution in [0.2, 0.25) is 5.02 Å². The Bertz CT molecular complexity index is 450. The number of benzene rings is 1. The molecule has 1 rings (SSSR count). The van der Waals surface area contributed by atoms with Crippen molar-refractivity contribution >= 4 is 39.4 Å². The number of nitrogens with one attached hydrogen (secondary N) is 1. The van der Waals surface area contributed by atoms with E-state index in [4.69, 9.17) is 16.7 Å². The Morgan fingerprint density at radius 3 is 2.65 bits per heavy atom. The molecule has 0 saturated heterocycles. The number of hydrogen-bond acceptors (Lipinski definition) is 2. The van der Waals surface area contributed by atoms with Crippen molar-refractivity contribution in [2.45, 2.75) is 19.4 Å². The lowest BCUT2D eigenvalue weighted by atomic mass is 10.1. The van der Waals surface area contributed by atoms with Crippen molar-refractivity contribution in [2.75, 3.05) is 0 Å². The van der Waals surface area contributed by atoms with Crippen molar-refractivity contribution in [1.82, 2.24) is 5.32 Å². The molecule has 1 amide bonds. The Hall–Kier alpha value is -1.07.